The molecular formula is C36H27ClN4O4. The van der Waals surface area contributed by atoms with Gasteiger partial charge in [-0.25, -0.2) is 4.68 Å². The number of aromatic amines is 1. The second kappa shape index (κ2) is 10.3. The number of anilines is 1. The Morgan fingerprint density at radius 3 is 2.29 bits per heavy atom. The molecule has 8 rings (SSSR count). The third-order valence-electron chi connectivity index (χ3n) is 8.66. The summed E-state index contributed by atoms with van der Waals surface area (Å²) in [5, 5.41) is 10.6. The van der Waals surface area contributed by atoms with Gasteiger partial charge in [-0.3, -0.25) is 4.79 Å². The number of rotatable bonds is 6. The van der Waals surface area contributed by atoms with Gasteiger partial charge in [0.1, 0.15) is 11.5 Å². The zero-order valence-corrected chi connectivity index (χ0v) is 25.4. The highest BCUT2D eigenvalue weighted by molar-refractivity contribution is 6.30. The van der Waals surface area contributed by atoms with Crippen molar-refractivity contribution >= 4 is 39.8 Å². The fraction of sp³-hybridized carbons (Fsp3) is 0.111. The summed E-state index contributed by atoms with van der Waals surface area (Å²) in [6.45, 7) is 0. The summed E-state index contributed by atoms with van der Waals surface area (Å²) in [6.07, 6.45) is 1.97. The summed E-state index contributed by atoms with van der Waals surface area (Å²) < 4.78 is 19.4. The Morgan fingerprint density at radius 1 is 0.800 bits per heavy atom. The number of carbonyl (C=O) groups is 1. The van der Waals surface area contributed by atoms with E-state index < -0.39 is 5.92 Å². The molecular weight excluding hydrogens is 588 g/mol. The molecule has 0 saturated heterocycles. The first kappa shape index (κ1) is 27.1. The monoisotopic (exact) mass is 614 g/mol. The smallest absolute Gasteiger partial charge is 0.203 e. The first-order valence-corrected chi connectivity index (χ1v) is 14.8. The van der Waals surface area contributed by atoms with Crippen molar-refractivity contribution in [2.45, 2.75) is 5.92 Å². The third-order valence-corrected chi connectivity index (χ3v) is 8.91. The van der Waals surface area contributed by atoms with E-state index in [1.807, 2.05) is 89.7 Å². The Hall–Kier alpha value is -5.47. The minimum absolute atomic E-state index is 0.0512. The Kier molecular flexibility index (Phi) is 6.21. The van der Waals surface area contributed by atoms with Crippen molar-refractivity contribution in [3.8, 4) is 34.2 Å². The number of nitrogens with zero attached hydrogens (tertiary/aromatic N) is 2. The number of hydrogen-bond acceptors (Lipinski definition) is 6. The number of hydrogen-bond donors (Lipinski definition) is 2. The molecule has 4 aromatic carbocycles. The minimum Gasteiger partial charge on any atom is -0.493 e. The number of benzene rings is 4. The molecule has 3 heterocycles. The molecule has 6 aromatic rings. The van der Waals surface area contributed by atoms with Crippen molar-refractivity contribution in [2.75, 3.05) is 26.6 Å². The largest absolute Gasteiger partial charge is 0.493 e. The van der Waals surface area contributed by atoms with Gasteiger partial charge in [0.05, 0.1) is 32.7 Å². The Balaban J connectivity index is 1.50. The molecule has 0 saturated carbocycles. The summed E-state index contributed by atoms with van der Waals surface area (Å²) >= 11 is 6.30. The fourth-order valence-corrected chi connectivity index (χ4v) is 6.82. The maximum absolute atomic E-state index is 14.4. The van der Waals surface area contributed by atoms with Crippen molar-refractivity contribution in [3.05, 3.63) is 124 Å². The molecule has 8 nitrogen and oxygen atoms in total. The van der Waals surface area contributed by atoms with Crippen LogP contribution in [0.2, 0.25) is 5.02 Å². The van der Waals surface area contributed by atoms with Crippen molar-refractivity contribution < 1.29 is 19.0 Å². The summed E-state index contributed by atoms with van der Waals surface area (Å²) in [4.78, 5) is 17.8. The van der Waals surface area contributed by atoms with E-state index >= 15 is 0 Å². The molecule has 222 valence electrons. The van der Waals surface area contributed by atoms with Gasteiger partial charge in [-0.05, 0) is 36.4 Å². The standard InChI is InChI=1S/C36H27ClN4O4/c1-43-27-17-16-24(34(44-2)35(27)45-3)28-29-31(22-9-4-5-10-23(22)33(29)42)39-36-30(28)32(25-18-38-26-11-7-6-8-21(25)26)40-41(36)20-14-12-19(37)13-15-20/h4-18,28,38-39H,1-3H3. The number of H-pyrrole nitrogens is 1. The molecule has 1 aliphatic carbocycles. The molecule has 2 N–H and O–H groups in total. The predicted molar refractivity (Wildman–Crippen MR) is 175 cm³/mol. The van der Waals surface area contributed by atoms with Crippen LogP contribution in [0.25, 0.3) is 33.5 Å². The lowest BCUT2D eigenvalue weighted by Crippen LogP contribution is -2.20. The number of carbonyl (C=O) groups excluding carboxylic acids is 1. The SMILES string of the molecule is COc1ccc(C2C3=C(Nc4c2c(-c2c[nH]c5ccccc25)nn4-c2ccc(Cl)cc2)c2ccccc2C3=O)c(OC)c1OC. The average Bonchev–Trinajstić information content (AvgIpc) is 3.76. The van der Waals surface area contributed by atoms with Crippen molar-refractivity contribution in [1.82, 2.24) is 14.8 Å². The van der Waals surface area contributed by atoms with Gasteiger partial charge in [-0.15, -0.1) is 0 Å². The van der Waals surface area contributed by atoms with Gasteiger partial charge in [0.2, 0.25) is 5.75 Å². The Morgan fingerprint density at radius 2 is 1.53 bits per heavy atom. The second-order valence-electron chi connectivity index (χ2n) is 10.9. The molecule has 1 unspecified atom stereocenters. The predicted octanol–water partition coefficient (Wildman–Crippen LogP) is 7.86. The normalized spacial score (nSPS) is 15.0. The number of para-hydroxylation sites is 1. The number of aromatic nitrogens is 3. The Labute approximate surface area is 263 Å². The number of methoxy groups -OCH3 is 3. The number of halogens is 1. The van der Waals surface area contributed by atoms with Crippen LogP contribution in [-0.2, 0) is 0 Å². The van der Waals surface area contributed by atoms with E-state index in [2.05, 4.69) is 16.4 Å². The van der Waals surface area contributed by atoms with E-state index in [0.717, 1.165) is 56.1 Å². The summed E-state index contributed by atoms with van der Waals surface area (Å²) in [5.41, 5.74) is 7.86. The molecule has 0 amide bonds. The zero-order chi connectivity index (χ0) is 30.8. The van der Waals surface area contributed by atoms with E-state index in [0.29, 0.717) is 33.4 Å². The van der Waals surface area contributed by atoms with E-state index in [1.165, 1.54) is 0 Å². The first-order chi connectivity index (χ1) is 22.0. The van der Waals surface area contributed by atoms with Crippen molar-refractivity contribution in [1.29, 1.82) is 0 Å². The molecule has 45 heavy (non-hydrogen) atoms. The number of fused-ring (bicyclic) bond motifs is 4. The fourth-order valence-electron chi connectivity index (χ4n) is 6.70. The minimum atomic E-state index is -0.574. The average molecular weight is 615 g/mol. The Bertz CT molecular complexity index is 2200. The molecule has 0 radical (unpaired) electrons. The van der Waals surface area contributed by atoms with Crippen LogP contribution in [0.5, 0.6) is 17.2 Å². The number of ketones is 1. The van der Waals surface area contributed by atoms with Crippen molar-refractivity contribution in [2.24, 2.45) is 0 Å². The lowest BCUT2D eigenvalue weighted by Gasteiger charge is -2.29. The zero-order valence-electron chi connectivity index (χ0n) is 24.6. The number of ether oxygens (including phenoxy) is 3. The molecule has 1 aliphatic heterocycles. The van der Waals surface area contributed by atoms with Crippen molar-refractivity contribution in [3.63, 3.8) is 0 Å². The maximum Gasteiger partial charge on any atom is 0.203 e. The molecule has 2 aromatic heterocycles. The van der Waals surface area contributed by atoms with Crippen LogP contribution in [0.3, 0.4) is 0 Å². The highest BCUT2D eigenvalue weighted by atomic mass is 35.5. The molecule has 0 spiro atoms. The lowest BCUT2D eigenvalue weighted by atomic mass is 9.79. The van der Waals surface area contributed by atoms with Gasteiger partial charge in [0, 0.05) is 61.4 Å². The molecule has 9 heteroatoms. The topological polar surface area (TPSA) is 90.4 Å². The van der Waals surface area contributed by atoms with Gasteiger partial charge in [0.15, 0.2) is 17.3 Å². The number of allylic oxidation sites excluding steroid dienone is 1. The van der Waals surface area contributed by atoms with Gasteiger partial charge in [-0.2, -0.15) is 5.10 Å². The van der Waals surface area contributed by atoms with Crippen LogP contribution >= 0.6 is 11.6 Å². The maximum atomic E-state index is 14.4. The quantitative estimate of drug-likeness (QED) is 0.198. The van der Waals surface area contributed by atoms with Crippen LogP contribution < -0.4 is 19.5 Å². The van der Waals surface area contributed by atoms with Crippen LogP contribution in [0, 0.1) is 0 Å². The lowest BCUT2D eigenvalue weighted by molar-refractivity contribution is 0.103. The van der Waals surface area contributed by atoms with E-state index in [4.69, 9.17) is 30.9 Å². The number of nitrogens with one attached hydrogen (secondary N) is 2. The van der Waals surface area contributed by atoms with Crippen LogP contribution in [0.1, 0.15) is 33.0 Å². The first-order valence-electron chi connectivity index (χ1n) is 14.4. The summed E-state index contributed by atoms with van der Waals surface area (Å²) in [6, 6.07) is 27.1. The third kappa shape index (κ3) is 3.92. The van der Waals surface area contributed by atoms with Crippen LogP contribution in [0.4, 0.5) is 5.82 Å². The van der Waals surface area contributed by atoms with Crippen LogP contribution in [-0.4, -0.2) is 41.9 Å². The highest BCUT2D eigenvalue weighted by Crippen LogP contribution is 2.56. The molecule has 0 fully saturated rings. The van der Waals surface area contributed by atoms with Gasteiger partial charge >= 0.3 is 0 Å². The van der Waals surface area contributed by atoms with E-state index in [-0.39, 0.29) is 5.78 Å². The molecule has 0 bridgehead atoms. The van der Waals surface area contributed by atoms with E-state index in [9.17, 15) is 4.79 Å². The van der Waals surface area contributed by atoms with Gasteiger partial charge in [-0.1, -0.05) is 60.1 Å². The second-order valence-corrected chi connectivity index (χ2v) is 11.3. The molecule has 1 atom stereocenters. The molecule has 2 aliphatic rings. The van der Waals surface area contributed by atoms with Crippen LogP contribution in [0.15, 0.2) is 96.7 Å². The summed E-state index contributed by atoms with van der Waals surface area (Å²) in [5.74, 6) is 1.56. The summed E-state index contributed by atoms with van der Waals surface area (Å²) in [7, 11) is 4.76. The van der Waals surface area contributed by atoms with Gasteiger partial charge < -0.3 is 24.5 Å². The van der Waals surface area contributed by atoms with Gasteiger partial charge in [0.25, 0.3) is 0 Å². The highest BCUT2D eigenvalue weighted by Gasteiger charge is 2.45. The van der Waals surface area contributed by atoms with E-state index in [1.54, 1.807) is 21.3 Å². The number of Topliss-reactive ketones (excluding diaryl/α,β-unsaturated/α-hetero) is 1.